The van der Waals surface area contributed by atoms with Crippen molar-refractivity contribution in [2.75, 3.05) is 14.2 Å². The Morgan fingerprint density at radius 3 is 2.41 bits per heavy atom. The molecule has 1 aromatic carbocycles. The van der Waals surface area contributed by atoms with Crippen molar-refractivity contribution in [3.63, 3.8) is 0 Å². The van der Waals surface area contributed by atoms with Crippen LogP contribution in [0, 0.1) is 11.3 Å². The molecule has 0 saturated heterocycles. The van der Waals surface area contributed by atoms with E-state index in [-0.39, 0.29) is 0 Å². The van der Waals surface area contributed by atoms with Gasteiger partial charge in [0.1, 0.15) is 0 Å². The predicted octanol–water partition coefficient (Wildman–Crippen LogP) is 3.66. The Balaban J connectivity index is 3.51. The molecule has 0 spiro atoms. The number of nitrogens with zero attached hydrogens (tertiary/aromatic N) is 1. The van der Waals surface area contributed by atoms with Gasteiger partial charge in [-0.3, -0.25) is 0 Å². The van der Waals surface area contributed by atoms with Crippen LogP contribution in [0.1, 0.15) is 30.9 Å². The van der Waals surface area contributed by atoms with Gasteiger partial charge in [-0.25, -0.2) is 0 Å². The van der Waals surface area contributed by atoms with Crippen LogP contribution in [-0.4, -0.2) is 14.2 Å². The van der Waals surface area contributed by atoms with Crippen molar-refractivity contribution in [2.24, 2.45) is 0 Å². The molecule has 0 N–H and O–H groups in total. The molecule has 0 amide bonds. The lowest BCUT2D eigenvalue weighted by Gasteiger charge is -2.18. The molecule has 3 nitrogen and oxygen atoms in total. The van der Waals surface area contributed by atoms with E-state index in [0.717, 1.165) is 15.6 Å². The lowest BCUT2D eigenvalue weighted by atomic mass is 9.95. The summed E-state index contributed by atoms with van der Waals surface area (Å²) in [5.41, 5.74) is 2.08. The van der Waals surface area contributed by atoms with Gasteiger partial charge in [0.05, 0.1) is 31.2 Å². The molecule has 0 aromatic heterocycles. The summed E-state index contributed by atoms with van der Waals surface area (Å²) in [7, 11) is 3.20. The lowest BCUT2D eigenvalue weighted by Crippen LogP contribution is -2.02. The predicted molar refractivity (Wildman–Crippen MR) is 70.7 cm³/mol. The van der Waals surface area contributed by atoms with Gasteiger partial charge in [0.25, 0.3) is 0 Å². The molecule has 0 unspecified atom stereocenters. The summed E-state index contributed by atoms with van der Waals surface area (Å²) in [5.74, 6) is 1.64. The number of hydrogen-bond donors (Lipinski definition) is 0. The number of nitriles is 1. The Bertz CT molecular complexity index is 450. The van der Waals surface area contributed by atoms with Gasteiger partial charge in [0.2, 0.25) is 0 Å². The van der Waals surface area contributed by atoms with Crippen molar-refractivity contribution in [1.82, 2.24) is 0 Å². The quantitative estimate of drug-likeness (QED) is 0.852. The Labute approximate surface area is 110 Å². The maximum absolute atomic E-state index is 8.87. The van der Waals surface area contributed by atoms with E-state index in [1.54, 1.807) is 14.2 Å². The summed E-state index contributed by atoms with van der Waals surface area (Å²) in [5, 5.41) is 8.87. The third-order valence-corrected chi connectivity index (χ3v) is 3.37. The molecule has 0 fully saturated rings. The van der Waals surface area contributed by atoms with Gasteiger partial charge >= 0.3 is 0 Å². The zero-order chi connectivity index (χ0) is 13.0. The Morgan fingerprint density at radius 2 is 2.00 bits per heavy atom. The second kappa shape index (κ2) is 5.92. The van der Waals surface area contributed by atoms with Crippen molar-refractivity contribution in [1.29, 1.82) is 5.26 Å². The van der Waals surface area contributed by atoms with E-state index in [1.165, 1.54) is 0 Å². The van der Waals surface area contributed by atoms with Crippen LogP contribution in [0.5, 0.6) is 11.5 Å². The van der Waals surface area contributed by atoms with E-state index in [1.807, 2.05) is 6.07 Å². The van der Waals surface area contributed by atoms with Crippen LogP contribution in [0.4, 0.5) is 0 Å². The molecule has 17 heavy (non-hydrogen) atoms. The smallest absolute Gasteiger partial charge is 0.175 e. The standard InChI is InChI=1S/C13H16BrNO2/c1-8(2)11-9(5-6-15)7-10(16-3)13(17-4)12(11)14/h7-8H,5H2,1-4H3. The average Bonchev–Trinajstić information content (AvgIpc) is 2.28. The van der Waals surface area contributed by atoms with Crippen LogP contribution in [0.15, 0.2) is 10.5 Å². The number of hydrogen-bond acceptors (Lipinski definition) is 3. The molecule has 1 aromatic rings. The molecule has 0 bridgehead atoms. The fraction of sp³-hybridized carbons (Fsp3) is 0.462. The van der Waals surface area contributed by atoms with E-state index in [4.69, 9.17) is 14.7 Å². The molecule has 4 heteroatoms. The van der Waals surface area contributed by atoms with Crippen LogP contribution in [0.3, 0.4) is 0 Å². The zero-order valence-electron chi connectivity index (χ0n) is 10.5. The van der Waals surface area contributed by atoms with Crippen LogP contribution in [-0.2, 0) is 6.42 Å². The maximum atomic E-state index is 8.87. The van der Waals surface area contributed by atoms with Crippen LogP contribution >= 0.6 is 15.9 Å². The second-order valence-electron chi connectivity index (χ2n) is 3.99. The Morgan fingerprint density at radius 1 is 1.35 bits per heavy atom. The maximum Gasteiger partial charge on any atom is 0.175 e. The summed E-state index contributed by atoms with van der Waals surface area (Å²) in [6.45, 7) is 4.18. The van der Waals surface area contributed by atoms with Crippen molar-refractivity contribution in [3.05, 3.63) is 21.7 Å². The zero-order valence-corrected chi connectivity index (χ0v) is 12.1. The Hall–Kier alpha value is -1.21. The molecule has 92 valence electrons. The third kappa shape index (κ3) is 2.73. The topological polar surface area (TPSA) is 42.2 Å². The van der Waals surface area contributed by atoms with Gasteiger partial charge in [-0.15, -0.1) is 0 Å². The lowest BCUT2D eigenvalue weighted by molar-refractivity contribution is 0.352. The fourth-order valence-electron chi connectivity index (χ4n) is 1.87. The summed E-state index contributed by atoms with van der Waals surface area (Å²) in [6, 6.07) is 4.06. The minimum absolute atomic E-state index is 0.313. The SMILES string of the molecule is COc1cc(CC#N)c(C(C)C)c(Br)c1OC. The van der Waals surface area contributed by atoms with E-state index in [9.17, 15) is 0 Å². The number of benzene rings is 1. The molecule has 0 radical (unpaired) electrons. The molecule has 0 saturated carbocycles. The van der Waals surface area contributed by atoms with E-state index < -0.39 is 0 Å². The second-order valence-corrected chi connectivity index (χ2v) is 4.78. The van der Waals surface area contributed by atoms with E-state index in [2.05, 4.69) is 35.8 Å². The highest BCUT2D eigenvalue weighted by atomic mass is 79.9. The van der Waals surface area contributed by atoms with E-state index >= 15 is 0 Å². The summed E-state index contributed by atoms with van der Waals surface area (Å²) in [6.07, 6.45) is 0.368. The van der Waals surface area contributed by atoms with Gasteiger partial charge in [0.15, 0.2) is 11.5 Å². The van der Waals surface area contributed by atoms with Gasteiger partial charge < -0.3 is 9.47 Å². The molecule has 0 atom stereocenters. The largest absolute Gasteiger partial charge is 0.493 e. The molecular formula is C13H16BrNO2. The molecule has 1 rings (SSSR count). The fourth-order valence-corrected chi connectivity index (χ4v) is 2.94. The molecule has 0 aliphatic carbocycles. The number of rotatable bonds is 4. The Kier molecular flexibility index (Phi) is 4.83. The summed E-state index contributed by atoms with van der Waals surface area (Å²) < 4.78 is 11.5. The summed E-state index contributed by atoms with van der Waals surface area (Å²) >= 11 is 3.54. The van der Waals surface area contributed by atoms with Crippen LogP contribution < -0.4 is 9.47 Å². The average molecular weight is 298 g/mol. The van der Waals surface area contributed by atoms with E-state index in [0.29, 0.717) is 23.8 Å². The normalized spacial score (nSPS) is 10.2. The highest BCUT2D eigenvalue weighted by Crippen LogP contribution is 2.42. The molecule has 0 heterocycles. The van der Waals surface area contributed by atoms with Gasteiger partial charge in [-0.05, 0) is 39.0 Å². The minimum atomic E-state index is 0.313. The molecule has 0 aliphatic heterocycles. The highest BCUT2D eigenvalue weighted by molar-refractivity contribution is 9.10. The number of ether oxygens (including phenoxy) is 2. The number of methoxy groups -OCH3 is 2. The summed E-state index contributed by atoms with van der Waals surface area (Å²) in [4.78, 5) is 0. The first-order valence-electron chi connectivity index (χ1n) is 5.37. The first kappa shape index (κ1) is 13.9. The van der Waals surface area contributed by atoms with Gasteiger partial charge in [0, 0.05) is 0 Å². The first-order valence-corrected chi connectivity index (χ1v) is 6.16. The minimum Gasteiger partial charge on any atom is -0.493 e. The van der Waals surface area contributed by atoms with Crippen LogP contribution in [0.2, 0.25) is 0 Å². The van der Waals surface area contributed by atoms with Crippen molar-refractivity contribution < 1.29 is 9.47 Å². The van der Waals surface area contributed by atoms with Crippen molar-refractivity contribution in [2.45, 2.75) is 26.2 Å². The van der Waals surface area contributed by atoms with Crippen molar-refractivity contribution in [3.8, 4) is 17.6 Å². The third-order valence-electron chi connectivity index (χ3n) is 2.58. The highest BCUT2D eigenvalue weighted by Gasteiger charge is 2.19. The van der Waals surface area contributed by atoms with Crippen molar-refractivity contribution >= 4 is 15.9 Å². The van der Waals surface area contributed by atoms with Crippen LogP contribution in [0.25, 0.3) is 0 Å². The monoisotopic (exact) mass is 297 g/mol. The first-order chi connectivity index (χ1) is 8.06. The molecular weight excluding hydrogens is 282 g/mol. The molecule has 0 aliphatic rings. The van der Waals surface area contributed by atoms with Gasteiger partial charge in [-0.2, -0.15) is 5.26 Å². The number of halogens is 1. The van der Waals surface area contributed by atoms with Gasteiger partial charge in [-0.1, -0.05) is 13.8 Å².